The molecular formula is C20H30N2O5S. The van der Waals surface area contributed by atoms with Gasteiger partial charge in [-0.05, 0) is 57.7 Å². The highest BCUT2D eigenvalue weighted by atomic mass is 32.2. The summed E-state index contributed by atoms with van der Waals surface area (Å²) in [5.41, 5.74) is 0.842. The van der Waals surface area contributed by atoms with Crippen molar-refractivity contribution in [2.75, 3.05) is 13.1 Å². The number of nitrogens with one attached hydrogen (secondary N) is 1. The number of rotatable bonds is 8. The molecule has 8 heteroatoms. The third-order valence-electron chi connectivity index (χ3n) is 4.60. The third kappa shape index (κ3) is 6.31. The van der Waals surface area contributed by atoms with E-state index >= 15 is 0 Å². The molecule has 0 aromatic heterocycles. The first-order valence-corrected chi connectivity index (χ1v) is 11.2. The Hall–Kier alpha value is -1.93. The molecule has 0 saturated carbocycles. The summed E-state index contributed by atoms with van der Waals surface area (Å²) in [4.78, 5) is 24.0. The minimum Gasteiger partial charge on any atom is -0.453 e. The van der Waals surface area contributed by atoms with Crippen LogP contribution in [0.15, 0.2) is 29.2 Å². The fourth-order valence-corrected chi connectivity index (χ4v) is 4.56. The molecule has 1 aromatic rings. The van der Waals surface area contributed by atoms with Crippen LogP contribution in [0.5, 0.6) is 0 Å². The highest BCUT2D eigenvalue weighted by molar-refractivity contribution is 7.89. The molecule has 7 nitrogen and oxygen atoms in total. The summed E-state index contributed by atoms with van der Waals surface area (Å²) in [6.07, 6.45) is 2.56. The molecule has 2 rings (SSSR count). The highest BCUT2D eigenvalue weighted by Crippen LogP contribution is 2.21. The van der Waals surface area contributed by atoms with Crippen LogP contribution in [0.25, 0.3) is 0 Å². The molecule has 1 N–H and O–H groups in total. The van der Waals surface area contributed by atoms with E-state index in [1.165, 1.54) is 11.2 Å². The number of piperidine rings is 1. The van der Waals surface area contributed by atoms with Gasteiger partial charge in [-0.1, -0.05) is 18.6 Å². The van der Waals surface area contributed by atoms with Gasteiger partial charge in [-0.2, -0.15) is 4.31 Å². The van der Waals surface area contributed by atoms with Gasteiger partial charge in [0.1, 0.15) is 0 Å². The van der Waals surface area contributed by atoms with Gasteiger partial charge in [0.05, 0.1) is 4.90 Å². The summed E-state index contributed by atoms with van der Waals surface area (Å²) in [6, 6.07) is 6.60. The molecule has 28 heavy (non-hydrogen) atoms. The summed E-state index contributed by atoms with van der Waals surface area (Å²) in [7, 11) is -3.45. The largest absolute Gasteiger partial charge is 0.453 e. The Morgan fingerprint density at radius 2 is 1.68 bits per heavy atom. The SMILES string of the molecule is CC(C)NC(=O)C(C)OC(=O)CCc1ccc(S(=O)(=O)N2CCCCC2)cc1. The first-order chi connectivity index (χ1) is 13.2. The number of hydrogen-bond acceptors (Lipinski definition) is 5. The van der Waals surface area contributed by atoms with Gasteiger partial charge in [0.2, 0.25) is 10.0 Å². The van der Waals surface area contributed by atoms with E-state index in [9.17, 15) is 18.0 Å². The monoisotopic (exact) mass is 410 g/mol. The van der Waals surface area contributed by atoms with Gasteiger partial charge < -0.3 is 10.1 Å². The van der Waals surface area contributed by atoms with Crippen LogP contribution in [0, 0.1) is 0 Å². The molecule has 1 aliphatic rings. The van der Waals surface area contributed by atoms with E-state index in [0.717, 1.165) is 24.8 Å². The maximum atomic E-state index is 12.6. The van der Waals surface area contributed by atoms with E-state index in [1.807, 2.05) is 13.8 Å². The van der Waals surface area contributed by atoms with E-state index in [-0.39, 0.29) is 23.3 Å². The van der Waals surface area contributed by atoms with Crippen LogP contribution in [0.4, 0.5) is 0 Å². The second kappa shape index (κ2) is 10.0. The Labute approximate surface area is 167 Å². The number of ether oxygens (including phenoxy) is 1. The van der Waals surface area contributed by atoms with Crippen molar-refractivity contribution in [3.63, 3.8) is 0 Å². The van der Waals surface area contributed by atoms with Crippen LogP contribution in [0.1, 0.15) is 52.0 Å². The number of carbonyl (C=O) groups excluding carboxylic acids is 2. The summed E-state index contributed by atoms with van der Waals surface area (Å²) in [6.45, 7) is 6.34. The predicted molar refractivity (Wildman–Crippen MR) is 106 cm³/mol. The van der Waals surface area contributed by atoms with Gasteiger partial charge >= 0.3 is 5.97 Å². The normalized spacial score (nSPS) is 16.6. The van der Waals surface area contributed by atoms with E-state index < -0.39 is 22.1 Å². The molecule has 1 aliphatic heterocycles. The Balaban J connectivity index is 1.87. The van der Waals surface area contributed by atoms with Crippen molar-refractivity contribution in [2.45, 2.75) is 69.9 Å². The lowest BCUT2D eigenvalue weighted by Crippen LogP contribution is -2.39. The van der Waals surface area contributed by atoms with Gasteiger partial charge in [-0.25, -0.2) is 8.42 Å². The molecule has 156 valence electrons. The quantitative estimate of drug-likeness (QED) is 0.664. The fourth-order valence-electron chi connectivity index (χ4n) is 3.04. The lowest BCUT2D eigenvalue weighted by atomic mass is 10.1. The first-order valence-electron chi connectivity index (χ1n) is 9.79. The number of aryl methyl sites for hydroxylation is 1. The fraction of sp³-hybridized carbons (Fsp3) is 0.600. The zero-order valence-corrected chi connectivity index (χ0v) is 17.6. The molecule has 1 heterocycles. The van der Waals surface area contributed by atoms with Gasteiger partial charge in [0.15, 0.2) is 6.10 Å². The summed E-state index contributed by atoms with van der Waals surface area (Å²) in [5, 5.41) is 2.69. The number of nitrogens with zero attached hydrogens (tertiary/aromatic N) is 1. The standard InChI is InChI=1S/C20H30N2O5S/c1-15(2)21-20(24)16(3)27-19(23)12-9-17-7-10-18(11-8-17)28(25,26)22-13-5-4-6-14-22/h7-8,10-11,15-16H,4-6,9,12-14H2,1-3H3,(H,21,24). The second-order valence-electron chi connectivity index (χ2n) is 7.40. The first kappa shape index (κ1) is 22.4. The number of esters is 1. The highest BCUT2D eigenvalue weighted by Gasteiger charge is 2.25. The number of benzene rings is 1. The molecule has 0 radical (unpaired) electrons. The van der Waals surface area contributed by atoms with Crippen molar-refractivity contribution >= 4 is 21.9 Å². The summed E-state index contributed by atoms with van der Waals surface area (Å²) >= 11 is 0. The van der Waals surface area contributed by atoms with Crippen LogP contribution < -0.4 is 5.32 Å². The average Bonchev–Trinajstić information content (AvgIpc) is 2.67. The summed E-state index contributed by atoms with van der Waals surface area (Å²) in [5.74, 6) is -0.785. The van der Waals surface area contributed by atoms with Gasteiger partial charge in [-0.15, -0.1) is 0 Å². The lowest BCUT2D eigenvalue weighted by molar-refractivity contribution is -0.154. The van der Waals surface area contributed by atoms with E-state index in [1.54, 1.807) is 24.3 Å². The zero-order valence-electron chi connectivity index (χ0n) is 16.8. The molecule has 0 spiro atoms. The summed E-state index contributed by atoms with van der Waals surface area (Å²) < 4.78 is 32.0. The number of hydrogen-bond donors (Lipinski definition) is 1. The van der Waals surface area contributed by atoms with Crippen molar-refractivity contribution in [1.82, 2.24) is 9.62 Å². The maximum absolute atomic E-state index is 12.6. The second-order valence-corrected chi connectivity index (χ2v) is 9.34. The van der Waals surface area contributed by atoms with Crippen LogP contribution >= 0.6 is 0 Å². The van der Waals surface area contributed by atoms with Crippen LogP contribution in [0.2, 0.25) is 0 Å². The number of sulfonamides is 1. The van der Waals surface area contributed by atoms with Gasteiger partial charge in [0.25, 0.3) is 5.91 Å². The number of amides is 1. The molecule has 1 amide bonds. The average molecular weight is 411 g/mol. The van der Waals surface area contributed by atoms with Crippen molar-refractivity contribution in [2.24, 2.45) is 0 Å². The molecule has 1 unspecified atom stereocenters. The minimum atomic E-state index is -3.45. The Bertz CT molecular complexity index is 768. The van der Waals surface area contributed by atoms with Crippen molar-refractivity contribution in [3.05, 3.63) is 29.8 Å². The smallest absolute Gasteiger partial charge is 0.306 e. The molecule has 1 fully saturated rings. The zero-order chi connectivity index (χ0) is 20.7. The Morgan fingerprint density at radius 1 is 1.07 bits per heavy atom. The Morgan fingerprint density at radius 3 is 2.25 bits per heavy atom. The van der Waals surface area contributed by atoms with E-state index in [2.05, 4.69) is 5.32 Å². The van der Waals surface area contributed by atoms with Crippen LogP contribution in [0.3, 0.4) is 0 Å². The molecule has 1 aromatic carbocycles. The van der Waals surface area contributed by atoms with E-state index in [4.69, 9.17) is 4.74 Å². The number of carbonyl (C=O) groups is 2. The molecule has 0 aliphatic carbocycles. The molecular weight excluding hydrogens is 380 g/mol. The molecule has 0 bridgehead atoms. The third-order valence-corrected chi connectivity index (χ3v) is 6.52. The van der Waals surface area contributed by atoms with Gasteiger partial charge in [-0.3, -0.25) is 9.59 Å². The minimum absolute atomic E-state index is 0.0200. The van der Waals surface area contributed by atoms with Crippen molar-refractivity contribution in [3.8, 4) is 0 Å². The maximum Gasteiger partial charge on any atom is 0.306 e. The molecule has 1 saturated heterocycles. The topological polar surface area (TPSA) is 92.8 Å². The Kier molecular flexibility index (Phi) is 8.00. The lowest BCUT2D eigenvalue weighted by Gasteiger charge is -2.25. The van der Waals surface area contributed by atoms with Crippen molar-refractivity contribution in [1.29, 1.82) is 0 Å². The van der Waals surface area contributed by atoms with Crippen LogP contribution in [-0.2, 0) is 30.8 Å². The van der Waals surface area contributed by atoms with Crippen molar-refractivity contribution < 1.29 is 22.7 Å². The van der Waals surface area contributed by atoms with Gasteiger partial charge in [0, 0.05) is 25.6 Å². The van der Waals surface area contributed by atoms with E-state index in [0.29, 0.717) is 19.5 Å². The molecule has 1 atom stereocenters. The predicted octanol–water partition coefficient (Wildman–Crippen LogP) is 2.25. The van der Waals surface area contributed by atoms with Crippen LogP contribution in [-0.4, -0.2) is 49.8 Å².